The van der Waals surface area contributed by atoms with Crippen molar-refractivity contribution in [1.29, 1.82) is 0 Å². The lowest BCUT2D eigenvalue weighted by Gasteiger charge is -2.30. The lowest BCUT2D eigenvalue weighted by atomic mass is 9.70. The third kappa shape index (κ3) is 4.33. The molecule has 4 nitrogen and oxygen atoms in total. The monoisotopic (exact) mass is 652 g/mol. The van der Waals surface area contributed by atoms with Crippen LogP contribution < -0.4 is 0 Å². The summed E-state index contributed by atoms with van der Waals surface area (Å²) in [6.07, 6.45) is 3.80. The maximum atomic E-state index is 5.13. The molecule has 0 unspecified atom stereocenters. The van der Waals surface area contributed by atoms with Crippen molar-refractivity contribution in [3.8, 4) is 67.3 Å². The van der Waals surface area contributed by atoms with Crippen molar-refractivity contribution >= 4 is 0 Å². The first-order valence-corrected chi connectivity index (χ1v) is 17.4. The summed E-state index contributed by atoms with van der Waals surface area (Å²) in [6, 6.07) is 52.7. The van der Waals surface area contributed by atoms with Crippen molar-refractivity contribution in [3.05, 3.63) is 192 Å². The quantitative estimate of drug-likeness (QED) is 0.190. The fourth-order valence-electron chi connectivity index (χ4n) is 8.54. The number of benzene rings is 6. The van der Waals surface area contributed by atoms with Crippen LogP contribution in [0.4, 0.5) is 0 Å². The minimum absolute atomic E-state index is 0.479. The van der Waals surface area contributed by atoms with Crippen molar-refractivity contribution < 1.29 is 0 Å². The van der Waals surface area contributed by atoms with Gasteiger partial charge in [-0.2, -0.15) is 0 Å². The van der Waals surface area contributed by atoms with Gasteiger partial charge in [0.25, 0.3) is 0 Å². The van der Waals surface area contributed by atoms with E-state index < -0.39 is 5.41 Å². The van der Waals surface area contributed by atoms with Gasteiger partial charge in [0.15, 0.2) is 11.6 Å². The van der Waals surface area contributed by atoms with Gasteiger partial charge < -0.3 is 0 Å². The second-order valence-corrected chi connectivity index (χ2v) is 13.5. The van der Waals surface area contributed by atoms with Crippen LogP contribution in [-0.2, 0) is 5.41 Å². The molecule has 8 aromatic rings. The van der Waals surface area contributed by atoms with E-state index in [0.29, 0.717) is 17.5 Å². The molecule has 10 rings (SSSR count). The first kappa shape index (κ1) is 29.4. The Hall–Kier alpha value is -6.52. The molecule has 4 heteroatoms. The Morgan fingerprint density at radius 2 is 1.02 bits per heavy atom. The molecule has 0 saturated heterocycles. The predicted octanol–water partition coefficient (Wildman–Crippen LogP) is 10.9. The second-order valence-electron chi connectivity index (χ2n) is 13.5. The molecule has 0 bridgehead atoms. The van der Waals surface area contributed by atoms with Crippen LogP contribution in [0.3, 0.4) is 0 Å². The summed E-state index contributed by atoms with van der Waals surface area (Å²) in [5.74, 6) is 2.05. The van der Waals surface area contributed by atoms with Gasteiger partial charge in [-0.1, -0.05) is 127 Å². The van der Waals surface area contributed by atoms with Crippen molar-refractivity contribution in [1.82, 2.24) is 19.9 Å². The van der Waals surface area contributed by atoms with E-state index in [1.807, 2.05) is 37.5 Å². The van der Waals surface area contributed by atoms with Gasteiger partial charge >= 0.3 is 0 Å². The van der Waals surface area contributed by atoms with Crippen LogP contribution in [0.2, 0.25) is 0 Å². The summed E-state index contributed by atoms with van der Waals surface area (Å²) >= 11 is 0. The summed E-state index contributed by atoms with van der Waals surface area (Å²) in [5.41, 5.74) is 17.4. The first-order valence-electron chi connectivity index (χ1n) is 17.4. The Kier molecular flexibility index (Phi) is 6.49. The third-order valence-corrected chi connectivity index (χ3v) is 10.7. The highest BCUT2D eigenvalue weighted by Crippen LogP contribution is 2.64. The summed E-state index contributed by atoms with van der Waals surface area (Å²) in [7, 11) is 0. The van der Waals surface area contributed by atoms with Gasteiger partial charge in [0.1, 0.15) is 5.82 Å². The molecule has 0 amide bonds. The average Bonchev–Trinajstić information content (AvgIpc) is 3.65. The Balaban J connectivity index is 1.26. The van der Waals surface area contributed by atoms with Crippen molar-refractivity contribution in [2.45, 2.75) is 19.3 Å². The molecule has 0 atom stereocenters. The molecule has 0 saturated carbocycles. The number of aromatic nitrogens is 4. The maximum absolute atomic E-state index is 5.13. The smallest absolute Gasteiger partial charge is 0.164 e. The highest BCUT2D eigenvalue weighted by Gasteiger charge is 2.52. The molecule has 0 aliphatic heterocycles. The predicted molar refractivity (Wildman–Crippen MR) is 205 cm³/mol. The molecule has 51 heavy (non-hydrogen) atoms. The molecule has 2 heterocycles. The standard InChI is InChI=1S/C47H32N4/c1-29-28-48-25-24-35(29)34-15-10-14-32(26-34)33-22-23-42-39(27-33)44-38(46-50-30(2)49-45(51-46)31-12-4-3-5-13-31)18-11-21-43(44)47(42)40-19-8-6-16-36(40)37-17-7-9-20-41(37)47/h3-28H,1-2H3. The second kappa shape index (κ2) is 11.3. The average molecular weight is 653 g/mol. The topological polar surface area (TPSA) is 51.6 Å². The lowest BCUT2D eigenvalue weighted by molar-refractivity contribution is 0.794. The Labute approximate surface area is 297 Å². The lowest BCUT2D eigenvalue weighted by Crippen LogP contribution is -2.25. The van der Waals surface area contributed by atoms with Crippen molar-refractivity contribution in [3.63, 3.8) is 0 Å². The molecule has 2 aliphatic carbocycles. The number of nitrogens with zero attached hydrogens (tertiary/aromatic N) is 4. The SMILES string of the molecule is Cc1nc(-c2ccccc2)nc(-c2cccc3c2-c2cc(-c4cccc(-c5ccncc5C)c4)ccc2C32c3ccccc3-c3ccccc32)n1. The van der Waals surface area contributed by atoms with Crippen LogP contribution in [0.15, 0.2) is 158 Å². The molecular weight excluding hydrogens is 621 g/mol. The number of fused-ring (bicyclic) bond motifs is 10. The largest absolute Gasteiger partial charge is 0.264 e. The fraction of sp³-hybridized carbons (Fsp3) is 0.0638. The molecule has 0 fully saturated rings. The van der Waals surface area contributed by atoms with E-state index in [1.165, 1.54) is 61.2 Å². The van der Waals surface area contributed by atoms with Gasteiger partial charge in [-0.25, -0.2) is 15.0 Å². The normalized spacial score (nSPS) is 13.1. The molecule has 6 aromatic carbocycles. The molecule has 0 radical (unpaired) electrons. The van der Waals surface area contributed by atoms with Gasteiger partial charge in [0.05, 0.1) is 5.41 Å². The Morgan fingerprint density at radius 3 is 1.80 bits per heavy atom. The van der Waals surface area contributed by atoms with Gasteiger partial charge in [0, 0.05) is 23.5 Å². The van der Waals surface area contributed by atoms with E-state index in [9.17, 15) is 0 Å². The molecule has 1 spiro atoms. The molecular formula is C47H32N4. The van der Waals surface area contributed by atoms with Crippen molar-refractivity contribution in [2.75, 3.05) is 0 Å². The minimum Gasteiger partial charge on any atom is -0.264 e. The molecule has 2 aliphatic rings. The fourth-order valence-corrected chi connectivity index (χ4v) is 8.54. The van der Waals surface area contributed by atoms with Crippen LogP contribution in [0.1, 0.15) is 33.6 Å². The zero-order valence-corrected chi connectivity index (χ0v) is 28.3. The van der Waals surface area contributed by atoms with Crippen molar-refractivity contribution in [2.24, 2.45) is 0 Å². The van der Waals surface area contributed by atoms with Gasteiger partial charge in [-0.15, -0.1) is 0 Å². The van der Waals surface area contributed by atoms with E-state index in [2.05, 4.69) is 139 Å². The van der Waals surface area contributed by atoms with Crippen LogP contribution in [0.5, 0.6) is 0 Å². The summed E-state index contributed by atoms with van der Waals surface area (Å²) in [5, 5.41) is 0. The number of pyridine rings is 1. The van der Waals surface area contributed by atoms with Crippen LogP contribution in [-0.4, -0.2) is 19.9 Å². The van der Waals surface area contributed by atoms with Crippen LogP contribution in [0.25, 0.3) is 67.3 Å². The van der Waals surface area contributed by atoms with E-state index >= 15 is 0 Å². The van der Waals surface area contributed by atoms with Gasteiger partial charge in [-0.3, -0.25) is 4.98 Å². The van der Waals surface area contributed by atoms with E-state index in [0.717, 1.165) is 22.3 Å². The number of hydrogen-bond acceptors (Lipinski definition) is 4. The molecule has 240 valence electrons. The number of hydrogen-bond donors (Lipinski definition) is 0. The highest BCUT2D eigenvalue weighted by molar-refractivity contribution is 6.00. The highest BCUT2D eigenvalue weighted by atomic mass is 15.0. The van der Waals surface area contributed by atoms with Gasteiger partial charge in [-0.05, 0) is 104 Å². The zero-order chi connectivity index (χ0) is 34.1. The third-order valence-electron chi connectivity index (χ3n) is 10.7. The maximum Gasteiger partial charge on any atom is 0.164 e. The van der Waals surface area contributed by atoms with Crippen LogP contribution >= 0.6 is 0 Å². The first-order chi connectivity index (χ1) is 25.1. The zero-order valence-electron chi connectivity index (χ0n) is 28.3. The van der Waals surface area contributed by atoms with Crippen LogP contribution in [0, 0.1) is 13.8 Å². The number of aryl methyl sites for hydroxylation is 2. The molecule has 2 aromatic heterocycles. The Morgan fingerprint density at radius 1 is 0.412 bits per heavy atom. The van der Waals surface area contributed by atoms with E-state index in [4.69, 9.17) is 15.0 Å². The summed E-state index contributed by atoms with van der Waals surface area (Å²) in [4.78, 5) is 19.2. The van der Waals surface area contributed by atoms with Gasteiger partial charge in [0.2, 0.25) is 0 Å². The summed E-state index contributed by atoms with van der Waals surface area (Å²) in [6.45, 7) is 4.07. The summed E-state index contributed by atoms with van der Waals surface area (Å²) < 4.78 is 0. The Bertz CT molecular complexity index is 2630. The van der Waals surface area contributed by atoms with E-state index in [1.54, 1.807) is 0 Å². The van der Waals surface area contributed by atoms with E-state index in [-0.39, 0.29) is 0 Å². The molecule has 0 N–H and O–H groups in total. The number of rotatable bonds is 4. The minimum atomic E-state index is -0.479.